The second kappa shape index (κ2) is 22.0. The highest BCUT2D eigenvalue weighted by Crippen LogP contribution is 2.27. The number of aryl methyl sites for hydroxylation is 2. The van der Waals surface area contributed by atoms with E-state index in [9.17, 15) is 28.8 Å². The number of amides is 5. The molecule has 5 aliphatic rings. The fourth-order valence-corrected chi connectivity index (χ4v) is 9.55. The number of anilines is 1. The van der Waals surface area contributed by atoms with Gasteiger partial charge in [-0.25, -0.2) is 14.4 Å². The molecule has 16 heteroatoms. The number of piperidine rings is 3. The molecule has 0 bridgehead atoms. The van der Waals surface area contributed by atoms with Gasteiger partial charge in [0.15, 0.2) is 11.7 Å². The first-order valence-electron chi connectivity index (χ1n) is 23.0. The maximum absolute atomic E-state index is 13.8. The van der Waals surface area contributed by atoms with Gasteiger partial charge in [-0.1, -0.05) is 38.6 Å². The van der Waals surface area contributed by atoms with Crippen LogP contribution in [-0.2, 0) is 43.7 Å². The molecule has 1 N–H and O–H groups in total. The van der Waals surface area contributed by atoms with Crippen LogP contribution in [0.5, 0.6) is 0 Å². The molecule has 6 heterocycles. The fraction of sp³-hybridized carbons (Fsp3) is 0.625. The third kappa shape index (κ3) is 11.8. The standard InChI is InChI=1S/C33H41N5O6.C14H24N2O3.CH4/c1-21-8-13-36(14-9-21)30(39)28(20-23-18-22(2)29-27(19-23)43-32(41)35(29)3)44-33(42)37-15-11-25(12-16-37)38-17-10-24-6-4-5-7-26(24)34-31(38)40;1-15-9-5-12(6-10-15)14(18)19-11-3-8-16-7-2-4-13(16)17;/h4-7,18-19,21,25,28H,8-17,20H2,1-3H3,(H,34,40);12H,2-11H2,1H3;1H4/t28-;;/m1../s1. The van der Waals surface area contributed by atoms with Crippen molar-refractivity contribution in [1.29, 1.82) is 0 Å². The summed E-state index contributed by atoms with van der Waals surface area (Å²) in [5, 5.41) is 3.03. The molecule has 0 unspecified atom stereocenters. The Labute approximate surface area is 377 Å². The number of esters is 1. The number of urea groups is 1. The Bertz CT molecular complexity index is 2160. The fourth-order valence-electron chi connectivity index (χ4n) is 9.55. The summed E-state index contributed by atoms with van der Waals surface area (Å²) in [6, 6.07) is 11.4. The number of benzene rings is 2. The molecule has 16 nitrogen and oxygen atoms in total. The number of nitrogens with one attached hydrogen (secondary N) is 1. The van der Waals surface area contributed by atoms with Gasteiger partial charge in [-0.3, -0.25) is 19.0 Å². The number of ether oxygens (including phenoxy) is 2. The SMILES string of the molecule is C.CN1CCC(C(=O)OCCCN2CCCC2=O)CC1.Cc1cc(C[C@@H](OC(=O)N2CCC(N3CCc4ccccc4NC3=O)CC2)C(=O)N2CCC(C)CC2)cc2oc(=O)n(C)c12. The number of carbonyl (C=O) groups is 5. The van der Waals surface area contributed by atoms with Gasteiger partial charge in [0.1, 0.15) is 0 Å². The van der Waals surface area contributed by atoms with Gasteiger partial charge in [0.05, 0.1) is 18.0 Å². The third-order valence-corrected chi connectivity index (χ3v) is 13.5. The number of rotatable bonds is 10. The van der Waals surface area contributed by atoms with Crippen LogP contribution in [0.2, 0.25) is 0 Å². The molecule has 1 atom stereocenters. The number of fused-ring (bicyclic) bond motifs is 2. The number of oxazole rings is 1. The Balaban J connectivity index is 0.000000285. The summed E-state index contributed by atoms with van der Waals surface area (Å²) in [6.07, 6.45) is 6.71. The Morgan fingerprint density at radius 2 is 1.56 bits per heavy atom. The van der Waals surface area contributed by atoms with Crippen LogP contribution in [-0.4, -0.2) is 144 Å². The molecule has 5 amide bonds. The van der Waals surface area contributed by atoms with Crippen molar-refractivity contribution in [2.75, 3.05) is 77.9 Å². The molecule has 4 saturated heterocycles. The Kier molecular flexibility index (Phi) is 16.5. The first-order valence-corrected chi connectivity index (χ1v) is 23.0. The van der Waals surface area contributed by atoms with E-state index in [0.717, 1.165) is 93.5 Å². The first kappa shape index (κ1) is 48.1. The number of para-hydroxylation sites is 1. The minimum Gasteiger partial charge on any atom is -0.465 e. The highest BCUT2D eigenvalue weighted by Gasteiger charge is 2.36. The van der Waals surface area contributed by atoms with Crippen molar-refractivity contribution < 1.29 is 37.9 Å². The van der Waals surface area contributed by atoms with Crippen LogP contribution >= 0.6 is 0 Å². The Hall–Kier alpha value is -5.38. The van der Waals surface area contributed by atoms with Crippen LogP contribution in [0, 0.1) is 18.8 Å². The van der Waals surface area contributed by atoms with E-state index in [1.165, 1.54) is 4.57 Å². The normalized spacial score (nSPS) is 19.6. The zero-order valence-corrected chi connectivity index (χ0v) is 37.5. The van der Waals surface area contributed by atoms with Gasteiger partial charge in [-0.15, -0.1) is 0 Å². The highest BCUT2D eigenvalue weighted by atomic mass is 16.6. The zero-order valence-electron chi connectivity index (χ0n) is 37.5. The topological polar surface area (TPSA) is 167 Å². The maximum atomic E-state index is 13.8. The van der Waals surface area contributed by atoms with Gasteiger partial charge in [-0.2, -0.15) is 0 Å². The average molecular weight is 888 g/mol. The molecule has 4 fully saturated rings. The lowest BCUT2D eigenvalue weighted by Gasteiger charge is -2.38. The molecule has 0 aliphatic carbocycles. The van der Waals surface area contributed by atoms with Crippen molar-refractivity contribution in [2.24, 2.45) is 18.9 Å². The quantitative estimate of drug-likeness (QED) is 0.194. The van der Waals surface area contributed by atoms with Crippen LogP contribution in [0.15, 0.2) is 45.6 Å². The number of hydrogen-bond acceptors (Lipinski definition) is 10. The van der Waals surface area contributed by atoms with E-state index in [1.54, 1.807) is 22.9 Å². The lowest BCUT2D eigenvalue weighted by atomic mass is 9.97. The van der Waals surface area contributed by atoms with Gasteiger partial charge in [0, 0.05) is 77.4 Å². The van der Waals surface area contributed by atoms with Crippen molar-refractivity contribution in [2.45, 2.75) is 104 Å². The van der Waals surface area contributed by atoms with E-state index in [2.05, 4.69) is 24.2 Å². The molecular formula is C48H69N7O9. The third-order valence-electron chi connectivity index (χ3n) is 13.5. The molecule has 8 rings (SSSR count). The first-order chi connectivity index (χ1) is 30.3. The van der Waals surface area contributed by atoms with Gasteiger partial charge < -0.3 is 43.7 Å². The monoisotopic (exact) mass is 888 g/mol. The molecule has 0 radical (unpaired) electrons. The van der Waals surface area contributed by atoms with Crippen molar-refractivity contribution in [1.82, 2.24) is 29.1 Å². The summed E-state index contributed by atoms with van der Waals surface area (Å²) >= 11 is 0. The minimum atomic E-state index is -1.00. The summed E-state index contributed by atoms with van der Waals surface area (Å²) < 4.78 is 18.2. The summed E-state index contributed by atoms with van der Waals surface area (Å²) in [5.74, 6) is 0.153. The molecule has 5 aliphatic heterocycles. The molecule has 350 valence electrons. The van der Waals surface area contributed by atoms with Crippen molar-refractivity contribution >= 4 is 46.7 Å². The van der Waals surface area contributed by atoms with Gasteiger partial charge in [0.25, 0.3) is 5.91 Å². The molecule has 2 aromatic carbocycles. The molecule has 0 saturated carbocycles. The predicted molar refractivity (Wildman–Crippen MR) is 244 cm³/mol. The van der Waals surface area contributed by atoms with Crippen molar-refractivity contribution in [3.05, 3.63) is 63.6 Å². The van der Waals surface area contributed by atoms with E-state index < -0.39 is 18.0 Å². The van der Waals surface area contributed by atoms with Gasteiger partial charge in [-0.05, 0) is 120 Å². The summed E-state index contributed by atoms with van der Waals surface area (Å²) in [4.78, 5) is 85.1. The average Bonchev–Trinajstić information content (AvgIpc) is 3.76. The minimum absolute atomic E-state index is 0. The summed E-state index contributed by atoms with van der Waals surface area (Å²) in [6.45, 7) is 10.8. The van der Waals surface area contributed by atoms with Crippen LogP contribution in [0.4, 0.5) is 15.3 Å². The van der Waals surface area contributed by atoms with E-state index in [-0.39, 0.29) is 49.6 Å². The lowest BCUT2D eigenvalue weighted by molar-refractivity contribution is -0.150. The van der Waals surface area contributed by atoms with Crippen LogP contribution in [0.1, 0.15) is 88.8 Å². The number of nitrogens with zero attached hydrogens (tertiary/aromatic N) is 6. The summed E-state index contributed by atoms with van der Waals surface area (Å²) in [7, 11) is 3.74. The van der Waals surface area contributed by atoms with Crippen LogP contribution < -0.4 is 11.1 Å². The van der Waals surface area contributed by atoms with E-state index in [0.29, 0.717) is 75.6 Å². The van der Waals surface area contributed by atoms with Crippen molar-refractivity contribution in [3.63, 3.8) is 0 Å². The highest BCUT2D eigenvalue weighted by molar-refractivity contribution is 5.91. The number of carbonyl (C=O) groups excluding carboxylic acids is 5. The van der Waals surface area contributed by atoms with E-state index in [4.69, 9.17) is 13.9 Å². The van der Waals surface area contributed by atoms with Crippen LogP contribution in [0.3, 0.4) is 0 Å². The van der Waals surface area contributed by atoms with Crippen molar-refractivity contribution in [3.8, 4) is 0 Å². The predicted octanol–water partition coefficient (Wildman–Crippen LogP) is 5.82. The Morgan fingerprint density at radius 1 is 0.859 bits per heavy atom. The molecule has 1 aromatic heterocycles. The van der Waals surface area contributed by atoms with Crippen LogP contribution in [0.25, 0.3) is 11.1 Å². The zero-order chi connectivity index (χ0) is 44.6. The second-order valence-electron chi connectivity index (χ2n) is 18.1. The molecular weight excluding hydrogens is 819 g/mol. The number of aromatic nitrogens is 1. The van der Waals surface area contributed by atoms with E-state index >= 15 is 0 Å². The summed E-state index contributed by atoms with van der Waals surface area (Å²) in [5.41, 5.74) is 4.72. The molecule has 3 aromatic rings. The molecule has 0 spiro atoms. The van der Waals surface area contributed by atoms with E-state index in [1.807, 2.05) is 47.1 Å². The smallest absolute Gasteiger partial charge is 0.419 e. The lowest BCUT2D eigenvalue weighted by Crippen LogP contribution is -2.51. The van der Waals surface area contributed by atoms with Gasteiger partial charge >= 0.3 is 23.8 Å². The number of hydrogen-bond donors (Lipinski definition) is 1. The Morgan fingerprint density at radius 3 is 2.27 bits per heavy atom. The molecule has 64 heavy (non-hydrogen) atoms. The largest absolute Gasteiger partial charge is 0.465 e. The van der Waals surface area contributed by atoms with Gasteiger partial charge in [0.2, 0.25) is 5.91 Å². The number of likely N-dealkylation sites (tertiary alicyclic amines) is 4. The maximum Gasteiger partial charge on any atom is 0.419 e. The second-order valence-corrected chi connectivity index (χ2v) is 18.1.